The molecule has 0 amide bonds. The minimum absolute atomic E-state index is 0.0663. The molecule has 7 rings (SSSR count). The van der Waals surface area contributed by atoms with E-state index in [9.17, 15) is 28.8 Å². The smallest absolute Gasteiger partial charge is 0.338 e. The third-order valence-corrected chi connectivity index (χ3v) is 13.9. The van der Waals surface area contributed by atoms with Crippen molar-refractivity contribution < 1.29 is 57.2 Å². The van der Waals surface area contributed by atoms with Crippen LogP contribution in [-0.4, -0.2) is 35.8 Å². The SMILES string of the molecule is C=C(C)C(=O)Oc1c2cc(C)cc1Cc1cc(C)cc(c1OC(=O)C(=C)C)Cc1cc(C)cc(c1OC(=O)C(=C)C)Cc1cc(C)cc(c1OC(=O)C(=C)C)Cc1cc(C)cc(c1OC(=O)C(=C)C)Cc1cc(C)cc(c1OC(=O)C(=C)C)C2. The zero-order valence-corrected chi connectivity index (χ0v) is 50.3. The summed E-state index contributed by atoms with van der Waals surface area (Å²) in [5, 5.41) is 0. The monoisotopic (exact) mass is 1130 g/mol. The number of carbonyl (C=O) groups excluding carboxylic acids is 6. The van der Waals surface area contributed by atoms with Crippen LogP contribution in [0.15, 0.2) is 146 Å². The molecule has 84 heavy (non-hydrogen) atoms. The summed E-state index contributed by atoms with van der Waals surface area (Å²) in [7, 11) is 0. The summed E-state index contributed by atoms with van der Waals surface area (Å²) in [6.07, 6.45) is 0.398. The average Bonchev–Trinajstić information content (AvgIpc) is 1.54. The van der Waals surface area contributed by atoms with Gasteiger partial charge in [-0.05, 0) is 150 Å². The van der Waals surface area contributed by atoms with Crippen LogP contribution in [0.2, 0.25) is 0 Å². The van der Waals surface area contributed by atoms with Crippen molar-refractivity contribution >= 4 is 35.8 Å². The van der Waals surface area contributed by atoms with Gasteiger partial charge in [0.1, 0.15) is 34.5 Å². The van der Waals surface area contributed by atoms with Crippen LogP contribution in [0.3, 0.4) is 0 Å². The van der Waals surface area contributed by atoms with E-state index in [-0.39, 0.29) is 106 Å². The van der Waals surface area contributed by atoms with Gasteiger partial charge in [-0.3, -0.25) is 0 Å². The molecule has 12 nitrogen and oxygen atoms in total. The molecule has 0 heterocycles. The van der Waals surface area contributed by atoms with E-state index in [1.165, 1.54) is 0 Å². The van der Waals surface area contributed by atoms with Crippen LogP contribution < -0.4 is 28.4 Å². The molecule has 0 atom stereocenters. The molecule has 12 heteroatoms. The first kappa shape index (κ1) is 62.2. The number of esters is 6. The molecule has 6 aromatic rings. The van der Waals surface area contributed by atoms with E-state index in [0.717, 1.165) is 33.4 Å². The van der Waals surface area contributed by atoms with E-state index >= 15 is 0 Å². The van der Waals surface area contributed by atoms with Crippen molar-refractivity contribution in [2.75, 3.05) is 0 Å². The molecule has 1 aliphatic carbocycles. The minimum Gasteiger partial charge on any atom is -0.423 e. The normalized spacial score (nSPS) is 11.9. The van der Waals surface area contributed by atoms with Gasteiger partial charge >= 0.3 is 35.8 Å². The van der Waals surface area contributed by atoms with E-state index in [1.807, 2.05) is 114 Å². The Morgan fingerprint density at radius 1 is 0.238 bits per heavy atom. The molecular weight excluding hydrogens is 1060 g/mol. The molecule has 12 bridgehead atoms. The van der Waals surface area contributed by atoms with E-state index in [2.05, 4.69) is 39.5 Å². The Hall–Kier alpha value is -9.42. The van der Waals surface area contributed by atoms with Crippen LogP contribution in [0.4, 0.5) is 0 Å². The fourth-order valence-corrected chi connectivity index (χ4v) is 10.2. The molecule has 6 aromatic carbocycles. The van der Waals surface area contributed by atoms with Gasteiger partial charge in [-0.25, -0.2) is 28.8 Å². The minimum atomic E-state index is -0.686. The van der Waals surface area contributed by atoms with Gasteiger partial charge in [0.25, 0.3) is 0 Å². The van der Waals surface area contributed by atoms with Crippen LogP contribution in [-0.2, 0) is 67.3 Å². The second-order valence-electron chi connectivity index (χ2n) is 22.6. The molecule has 432 valence electrons. The van der Waals surface area contributed by atoms with Crippen molar-refractivity contribution in [2.24, 2.45) is 0 Å². The van der Waals surface area contributed by atoms with Crippen molar-refractivity contribution in [3.63, 3.8) is 0 Å². The van der Waals surface area contributed by atoms with Gasteiger partial charge < -0.3 is 28.4 Å². The summed E-state index contributed by atoms with van der Waals surface area (Å²) in [6.45, 7) is 44.2. The molecule has 0 unspecified atom stereocenters. The molecule has 0 spiro atoms. The zero-order chi connectivity index (χ0) is 61.8. The summed E-state index contributed by atoms with van der Waals surface area (Å²) in [5.41, 5.74) is 12.3. The predicted octanol–water partition coefficient (Wildman–Crippen LogP) is 14.3. The van der Waals surface area contributed by atoms with Crippen molar-refractivity contribution in [1.29, 1.82) is 0 Å². The third-order valence-electron chi connectivity index (χ3n) is 13.9. The molecule has 0 saturated carbocycles. The van der Waals surface area contributed by atoms with Gasteiger partial charge in [-0.2, -0.15) is 0 Å². The molecule has 0 aromatic heterocycles. The largest absolute Gasteiger partial charge is 0.423 e. The van der Waals surface area contributed by atoms with Crippen LogP contribution in [0.25, 0.3) is 0 Å². The maximum absolute atomic E-state index is 13.9. The van der Waals surface area contributed by atoms with E-state index in [0.29, 0.717) is 66.8 Å². The second-order valence-corrected chi connectivity index (χ2v) is 22.6. The number of carbonyl (C=O) groups is 6. The topological polar surface area (TPSA) is 158 Å². The first-order chi connectivity index (χ1) is 39.5. The van der Waals surface area contributed by atoms with Crippen molar-refractivity contribution in [2.45, 2.75) is 122 Å². The van der Waals surface area contributed by atoms with E-state index in [1.54, 1.807) is 41.5 Å². The highest BCUT2D eigenvalue weighted by atomic mass is 16.6. The van der Waals surface area contributed by atoms with Crippen LogP contribution in [0, 0.1) is 41.5 Å². The fraction of sp³-hybridized carbons (Fsp3) is 0.250. The standard InChI is InChI=1S/C72H72O12/c1-37(2)67(73)79-61-49-19-43(13)20-50(61)32-52-22-45(15)24-54(63(52)81-69(75)39(5)6)34-56-26-47(17)28-58(65(56)83-71(77)41(9)10)36-60-30-48(18)29-59(66(60)84-72(78)42(11)12)35-57-27-46(16)25-55(64(57)82-70(76)40(7)8)33-53-23-44(14)21-51(31-49)62(53)80-68(74)38(3)4/h19-30H,1,3,5,7,9,11,31-36H2,2,4,6,8,10,12-18H3. The third kappa shape index (κ3) is 14.8. The molecule has 0 saturated heterocycles. The lowest BCUT2D eigenvalue weighted by Gasteiger charge is -2.23. The zero-order valence-electron chi connectivity index (χ0n) is 50.3. The van der Waals surface area contributed by atoms with Crippen molar-refractivity contribution in [1.82, 2.24) is 0 Å². The van der Waals surface area contributed by atoms with Gasteiger partial charge in [0.2, 0.25) is 0 Å². The summed E-state index contributed by atoms with van der Waals surface area (Å²) in [5.74, 6) is -2.84. The number of rotatable bonds is 12. The lowest BCUT2D eigenvalue weighted by Crippen LogP contribution is -2.16. The Morgan fingerprint density at radius 3 is 0.417 bits per heavy atom. The summed E-state index contributed by atoms with van der Waals surface area (Å²) >= 11 is 0. The van der Waals surface area contributed by atoms with E-state index in [4.69, 9.17) is 28.4 Å². The van der Waals surface area contributed by atoms with Gasteiger partial charge in [-0.1, -0.05) is 146 Å². The van der Waals surface area contributed by atoms with Crippen LogP contribution in [0.5, 0.6) is 34.5 Å². The fourth-order valence-electron chi connectivity index (χ4n) is 10.2. The molecule has 1 aliphatic rings. The van der Waals surface area contributed by atoms with Gasteiger partial charge in [0, 0.05) is 72.0 Å². The first-order valence-electron chi connectivity index (χ1n) is 27.5. The van der Waals surface area contributed by atoms with Crippen LogP contribution >= 0.6 is 0 Å². The van der Waals surface area contributed by atoms with Crippen molar-refractivity contribution in [3.05, 3.63) is 246 Å². The van der Waals surface area contributed by atoms with Gasteiger partial charge in [-0.15, -0.1) is 0 Å². The summed E-state index contributed by atoms with van der Waals surface area (Å²) in [4.78, 5) is 83.2. The number of aryl methyl sites for hydroxylation is 6. The molecule has 0 N–H and O–H groups in total. The average molecular weight is 1130 g/mol. The van der Waals surface area contributed by atoms with E-state index < -0.39 is 35.8 Å². The van der Waals surface area contributed by atoms with Gasteiger partial charge in [0.15, 0.2) is 0 Å². The Balaban J connectivity index is 1.65. The Bertz CT molecular complexity index is 3090. The van der Waals surface area contributed by atoms with Crippen molar-refractivity contribution in [3.8, 4) is 34.5 Å². The Morgan fingerprint density at radius 2 is 0.333 bits per heavy atom. The lowest BCUT2D eigenvalue weighted by atomic mass is 9.88. The maximum Gasteiger partial charge on any atom is 0.338 e. The predicted molar refractivity (Wildman–Crippen MR) is 327 cm³/mol. The second kappa shape index (κ2) is 25.8. The molecule has 0 fully saturated rings. The number of hydrogen-bond donors (Lipinski definition) is 0. The van der Waals surface area contributed by atoms with Gasteiger partial charge in [0.05, 0.1) is 0 Å². The highest BCUT2D eigenvalue weighted by Crippen LogP contribution is 2.43. The number of fused-ring (bicyclic) bond motifs is 12. The molecular formula is C72H72O12. The Kier molecular flexibility index (Phi) is 19.1. The highest BCUT2D eigenvalue weighted by molar-refractivity contribution is 5.92. The maximum atomic E-state index is 13.9. The lowest BCUT2D eigenvalue weighted by molar-refractivity contribution is -0.131. The number of benzene rings is 6. The first-order valence-corrected chi connectivity index (χ1v) is 27.5. The molecule has 0 aliphatic heterocycles. The number of ether oxygens (including phenoxy) is 6. The van der Waals surface area contributed by atoms with Crippen LogP contribution in [0.1, 0.15) is 142 Å². The molecule has 0 radical (unpaired) electrons. The highest BCUT2D eigenvalue weighted by Gasteiger charge is 2.29. The quantitative estimate of drug-likeness (QED) is 0.0649. The Labute approximate surface area is 492 Å². The number of hydrogen-bond acceptors (Lipinski definition) is 12. The summed E-state index contributed by atoms with van der Waals surface area (Å²) < 4.78 is 38.1. The summed E-state index contributed by atoms with van der Waals surface area (Å²) in [6, 6.07) is 22.8.